The molecule has 0 saturated carbocycles. The third-order valence-corrected chi connectivity index (χ3v) is 6.03. The Kier molecular flexibility index (Phi) is 9.54. The van der Waals surface area contributed by atoms with Gasteiger partial charge in [-0.1, -0.05) is 42.5 Å². The second-order valence-electron chi connectivity index (χ2n) is 8.71. The molecule has 0 aliphatic carbocycles. The molecule has 0 aliphatic heterocycles. The molecule has 0 unspecified atom stereocenters. The minimum absolute atomic E-state index is 0.175. The van der Waals surface area contributed by atoms with Crippen molar-refractivity contribution in [3.05, 3.63) is 101 Å². The van der Waals surface area contributed by atoms with Crippen molar-refractivity contribution in [3.63, 3.8) is 0 Å². The SMILES string of the molecule is CCO[C@H](COc1ccccc1C(=O)OC)Cc1ccc(OCCc2nc(-c3ccccc3)oc2C)cc1. The van der Waals surface area contributed by atoms with Crippen molar-refractivity contribution < 1.29 is 28.2 Å². The number of carbonyl (C=O) groups excluding carboxylic acids is 1. The molecule has 198 valence electrons. The molecule has 0 spiro atoms. The van der Waals surface area contributed by atoms with Gasteiger partial charge >= 0.3 is 5.97 Å². The summed E-state index contributed by atoms with van der Waals surface area (Å²) < 4.78 is 28.5. The summed E-state index contributed by atoms with van der Waals surface area (Å²) in [5.74, 6) is 2.27. The summed E-state index contributed by atoms with van der Waals surface area (Å²) in [6.45, 7) is 5.24. The van der Waals surface area contributed by atoms with Crippen LogP contribution in [0.15, 0.2) is 83.3 Å². The molecule has 0 saturated heterocycles. The van der Waals surface area contributed by atoms with E-state index in [-0.39, 0.29) is 6.10 Å². The Morgan fingerprint density at radius 1 is 0.947 bits per heavy atom. The van der Waals surface area contributed by atoms with Crippen molar-refractivity contribution in [2.24, 2.45) is 0 Å². The third-order valence-electron chi connectivity index (χ3n) is 6.03. The predicted molar refractivity (Wildman–Crippen MR) is 145 cm³/mol. The lowest BCUT2D eigenvalue weighted by Gasteiger charge is -2.19. The van der Waals surface area contributed by atoms with E-state index in [1.54, 1.807) is 18.2 Å². The Morgan fingerprint density at radius 2 is 1.68 bits per heavy atom. The first kappa shape index (κ1) is 26.9. The molecule has 0 amide bonds. The summed E-state index contributed by atoms with van der Waals surface area (Å²) in [4.78, 5) is 16.6. The van der Waals surface area contributed by atoms with Crippen LogP contribution in [0.2, 0.25) is 0 Å². The second kappa shape index (κ2) is 13.4. The fraction of sp³-hybridized carbons (Fsp3) is 0.290. The molecule has 1 heterocycles. The smallest absolute Gasteiger partial charge is 0.341 e. The van der Waals surface area contributed by atoms with E-state index in [9.17, 15) is 4.79 Å². The number of nitrogens with zero attached hydrogens (tertiary/aromatic N) is 1. The Hall–Kier alpha value is -4.10. The molecule has 0 N–H and O–H groups in total. The Balaban J connectivity index is 1.29. The number of esters is 1. The highest BCUT2D eigenvalue weighted by atomic mass is 16.5. The fourth-order valence-corrected chi connectivity index (χ4v) is 4.07. The molecule has 1 atom stereocenters. The Morgan fingerprint density at radius 3 is 2.42 bits per heavy atom. The quantitative estimate of drug-likeness (QED) is 0.200. The first-order valence-corrected chi connectivity index (χ1v) is 12.7. The van der Waals surface area contributed by atoms with Gasteiger partial charge < -0.3 is 23.4 Å². The van der Waals surface area contributed by atoms with Crippen LogP contribution in [0, 0.1) is 6.92 Å². The minimum atomic E-state index is -0.431. The number of hydrogen-bond acceptors (Lipinski definition) is 7. The largest absolute Gasteiger partial charge is 0.493 e. The van der Waals surface area contributed by atoms with Crippen LogP contribution in [-0.2, 0) is 22.3 Å². The maximum absolute atomic E-state index is 12.0. The van der Waals surface area contributed by atoms with Crippen LogP contribution in [0.3, 0.4) is 0 Å². The number of benzene rings is 3. The van der Waals surface area contributed by atoms with Crippen LogP contribution >= 0.6 is 0 Å². The summed E-state index contributed by atoms with van der Waals surface area (Å²) in [5, 5.41) is 0. The molecule has 38 heavy (non-hydrogen) atoms. The minimum Gasteiger partial charge on any atom is -0.493 e. The number of ether oxygens (including phenoxy) is 4. The molecule has 1 aromatic heterocycles. The zero-order chi connectivity index (χ0) is 26.7. The molecular formula is C31H33NO6. The highest BCUT2D eigenvalue weighted by Gasteiger charge is 2.16. The van der Waals surface area contributed by atoms with Gasteiger partial charge in [-0.2, -0.15) is 0 Å². The Labute approximate surface area is 223 Å². The van der Waals surface area contributed by atoms with Crippen molar-refractivity contribution in [1.29, 1.82) is 0 Å². The van der Waals surface area contributed by atoms with Gasteiger partial charge in [-0.3, -0.25) is 0 Å². The van der Waals surface area contributed by atoms with E-state index in [0.717, 1.165) is 28.3 Å². The number of para-hydroxylation sites is 1. The van der Waals surface area contributed by atoms with Crippen molar-refractivity contribution in [2.75, 3.05) is 26.9 Å². The lowest BCUT2D eigenvalue weighted by molar-refractivity contribution is 0.0273. The molecule has 0 fully saturated rings. The van der Waals surface area contributed by atoms with Gasteiger partial charge in [0.15, 0.2) is 0 Å². The van der Waals surface area contributed by atoms with Gasteiger partial charge in [0.05, 0.1) is 25.5 Å². The number of hydrogen-bond donors (Lipinski definition) is 0. The van der Waals surface area contributed by atoms with Crippen molar-refractivity contribution in [2.45, 2.75) is 32.8 Å². The van der Waals surface area contributed by atoms with Gasteiger partial charge in [-0.15, -0.1) is 0 Å². The summed E-state index contributed by atoms with van der Waals surface area (Å²) in [5.41, 5.74) is 3.35. The van der Waals surface area contributed by atoms with E-state index in [1.807, 2.05) is 74.5 Å². The van der Waals surface area contributed by atoms with E-state index in [1.165, 1.54) is 7.11 Å². The van der Waals surface area contributed by atoms with Crippen LogP contribution in [-0.4, -0.2) is 44.0 Å². The van der Waals surface area contributed by atoms with Crippen LogP contribution < -0.4 is 9.47 Å². The molecule has 7 nitrogen and oxygen atoms in total. The van der Waals surface area contributed by atoms with E-state index < -0.39 is 5.97 Å². The molecule has 4 rings (SSSR count). The number of methoxy groups -OCH3 is 1. The van der Waals surface area contributed by atoms with Gasteiger partial charge in [-0.05, 0) is 55.8 Å². The Bertz CT molecular complexity index is 1300. The summed E-state index contributed by atoms with van der Waals surface area (Å²) in [6, 6.07) is 24.9. The van der Waals surface area contributed by atoms with Crippen LogP contribution in [0.4, 0.5) is 0 Å². The maximum atomic E-state index is 12.0. The van der Waals surface area contributed by atoms with Gasteiger partial charge in [0, 0.05) is 25.0 Å². The summed E-state index contributed by atoms with van der Waals surface area (Å²) >= 11 is 0. The molecule has 0 radical (unpaired) electrons. The predicted octanol–water partition coefficient (Wildman–Crippen LogP) is 6.08. The molecule has 0 aliphatic rings. The fourth-order valence-electron chi connectivity index (χ4n) is 4.07. The van der Waals surface area contributed by atoms with Crippen LogP contribution in [0.5, 0.6) is 11.5 Å². The number of carbonyl (C=O) groups is 1. The molecule has 7 heteroatoms. The number of aryl methyl sites for hydroxylation is 1. The van der Waals surface area contributed by atoms with Crippen LogP contribution in [0.1, 0.15) is 34.3 Å². The van der Waals surface area contributed by atoms with Gasteiger partial charge in [0.1, 0.15) is 29.4 Å². The zero-order valence-electron chi connectivity index (χ0n) is 22.0. The molecule has 4 aromatic rings. The normalized spacial score (nSPS) is 11.7. The highest BCUT2D eigenvalue weighted by molar-refractivity contribution is 5.92. The van der Waals surface area contributed by atoms with Crippen molar-refractivity contribution in [3.8, 4) is 23.0 Å². The zero-order valence-corrected chi connectivity index (χ0v) is 22.0. The monoisotopic (exact) mass is 515 g/mol. The van der Waals surface area contributed by atoms with Gasteiger partial charge in [0.25, 0.3) is 0 Å². The topological polar surface area (TPSA) is 80.0 Å². The van der Waals surface area contributed by atoms with E-state index in [0.29, 0.717) is 49.9 Å². The summed E-state index contributed by atoms with van der Waals surface area (Å²) in [7, 11) is 1.35. The first-order valence-electron chi connectivity index (χ1n) is 12.7. The van der Waals surface area contributed by atoms with E-state index >= 15 is 0 Å². The number of aromatic nitrogens is 1. The molecular weight excluding hydrogens is 482 g/mol. The van der Waals surface area contributed by atoms with Gasteiger partial charge in [-0.25, -0.2) is 9.78 Å². The first-order chi connectivity index (χ1) is 18.6. The highest BCUT2D eigenvalue weighted by Crippen LogP contribution is 2.23. The average molecular weight is 516 g/mol. The van der Waals surface area contributed by atoms with Gasteiger partial charge in [0.2, 0.25) is 5.89 Å². The lowest BCUT2D eigenvalue weighted by atomic mass is 10.1. The lowest BCUT2D eigenvalue weighted by Crippen LogP contribution is -2.25. The van der Waals surface area contributed by atoms with Crippen molar-refractivity contribution in [1.82, 2.24) is 4.98 Å². The van der Waals surface area contributed by atoms with Crippen molar-refractivity contribution >= 4 is 5.97 Å². The second-order valence-corrected chi connectivity index (χ2v) is 8.71. The molecule has 0 bridgehead atoms. The maximum Gasteiger partial charge on any atom is 0.341 e. The van der Waals surface area contributed by atoms with Crippen LogP contribution in [0.25, 0.3) is 11.5 Å². The summed E-state index contributed by atoms with van der Waals surface area (Å²) in [6.07, 6.45) is 1.14. The average Bonchev–Trinajstić information content (AvgIpc) is 3.33. The molecule has 3 aromatic carbocycles. The number of oxazole rings is 1. The number of rotatable bonds is 13. The van der Waals surface area contributed by atoms with E-state index in [4.69, 9.17) is 23.4 Å². The van der Waals surface area contributed by atoms with E-state index in [2.05, 4.69) is 4.98 Å². The standard InChI is InChI=1S/C31H33NO6/c1-4-35-26(21-37-29-13-9-8-12-27(29)31(33)34-3)20-23-14-16-25(17-15-23)36-19-18-28-22(2)38-30(32-28)24-10-6-5-7-11-24/h5-17,26H,4,18-21H2,1-3H3/t26-/m0/s1. The third kappa shape index (κ3) is 7.23.